The quantitative estimate of drug-likeness (QED) is 0.769. The molecule has 0 saturated heterocycles. The fourth-order valence-electron chi connectivity index (χ4n) is 1.29. The van der Waals surface area contributed by atoms with Crippen LogP contribution in [0.4, 0.5) is 0 Å². The summed E-state index contributed by atoms with van der Waals surface area (Å²) in [5.41, 5.74) is 1.21. The third-order valence-electron chi connectivity index (χ3n) is 2.16. The molecular weight excluding hydrogens is 164 g/mol. The van der Waals surface area contributed by atoms with Gasteiger partial charge in [-0.3, -0.25) is 4.79 Å². The highest BCUT2D eigenvalue weighted by Gasteiger charge is 2.06. The molecule has 70 valence electrons. The summed E-state index contributed by atoms with van der Waals surface area (Å²) in [6.45, 7) is 2.05. The molecule has 0 amide bonds. The number of carbonyl (C=O) groups is 1. The SMILES string of the molecule is CC(CCC(=O)O)c1ccccc1. The van der Waals surface area contributed by atoms with Gasteiger partial charge in [-0.25, -0.2) is 0 Å². The number of hydrogen-bond acceptors (Lipinski definition) is 1. The van der Waals surface area contributed by atoms with E-state index in [4.69, 9.17) is 5.11 Å². The summed E-state index contributed by atoms with van der Waals surface area (Å²) >= 11 is 0. The lowest BCUT2D eigenvalue weighted by atomic mass is 9.96. The summed E-state index contributed by atoms with van der Waals surface area (Å²) in [6, 6.07) is 9.99. The number of hydrogen-bond donors (Lipinski definition) is 1. The lowest BCUT2D eigenvalue weighted by molar-refractivity contribution is -0.137. The van der Waals surface area contributed by atoms with Crippen molar-refractivity contribution < 1.29 is 9.90 Å². The molecule has 2 heteroatoms. The number of aliphatic carboxylic acids is 1. The lowest BCUT2D eigenvalue weighted by Crippen LogP contribution is -1.99. The Bertz CT molecular complexity index is 267. The Labute approximate surface area is 78.2 Å². The Morgan fingerprint density at radius 1 is 1.38 bits per heavy atom. The Morgan fingerprint density at radius 3 is 2.54 bits per heavy atom. The van der Waals surface area contributed by atoms with Crippen molar-refractivity contribution in [2.24, 2.45) is 0 Å². The zero-order valence-corrected chi connectivity index (χ0v) is 7.73. The number of benzene rings is 1. The van der Waals surface area contributed by atoms with E-state index in [1.54, 1.807) is 0 Å². The van der Waals surface area contributed by atoms with E-state index in [1.165, 1.54) is 5.56 Å². The molecule has 1 rings (SSSR count). The van der Waals surface area contributed by atoms with E-state index in [9.17, 15) is 4.79 Å². The van der Waals surface area contributed by atoms with Gasteiger partial charge >= 0.3 is 5.97 Å². The van der Waals surface area contributed by atoms with Gasteiger partial charge in [0, 0.05) is 6.42 Å². The zero-order chi connectivity index (χ0) is 9.68. The van der Waals surface area contributed by atoms with E-state index in [0.29, 0.717) is 12.3 Å². The molecule has 0 radical (unpaired) electrons. The molecule has 0 heterocycles. The van der Waals surface area contributed by atoms with Crippen LogP contribution in [0.25, 0.3) is 0 Å². The van der Waals surface area contributed by atoms with Crippen molar-refractivity contribution in [1.29, 1.82) is 0 Å². The fourth-order valence-corrected chi connectivity index (χ4v) is 1.29. The second kappa shape index (κ2) is 4.65. The van der Waals surface area contributed by atoms with Gasteiger partial charge in [0.05, 0.1) is 0 Å². The standard InChI is InChI=1S/C11H14O2/c1-9(7-8-11(12)13)10-5-3-2-4-6-10/h2-6,9H,7-8H2,1H3,(H,12,13). The van der Waals surface area contributed by atoms with E-state index in [1.807, 2.05) is 30.3 Å². The molecule has 0 spiro atoms. The minimum Gasteiger partial charge on any atom is -0.481 e. The van der Waals surface area contributed by atoms with Gasteiger partial charge in [-0.05, 0) is 17.9 Å². The number of carboxylic acid groups (broad SMARTS) is 1. The summed E-state index contributed by atoms with van der Waals surface area (Å²) < 4.78 is 0. The van der Waals surface area contributed by atoms with Gasteiger partial charge in [0.15, 0.2) is 0 Å². The molecular formula is C11H14O2. The highest BCUT2D eigenvalue weighted by molar-refractivity contribution is 5.66. The molecule has 1 aromatic rings. The van der Waals surface area contributed by atoms with E-state index >= 15 is 0 Å². The lowest BCUT2D eigenvalue weighted by Gasteiger charge is -2.09. The van der Waals surface area contributed by atoms with Crippen LogP contribution in [0.5, 0.6) is 0 Å². The van der Waals surface area contributed by atoms with Gasteiger partial charge in [-0.2, -0.15) is 0 Å². The van der Waals surface area contributed by atoms with Crippen LogP contribution in [0.3, 0.4) is 0 Å². The molecule has 2 nitrogen and oxygen atoms in total. The van der Waals surface area contributed by atoms with Crippen molar-refractivity contribution in [1.82, 2.24) is 0 Å². The normalized spacial score (nSPS) is 12.4. The molecule has 1 unspecified atom stereocenters. The van der Waals surface area contributed by atoms with Crippen LogP contribution >= 0.6 is 0 Å². The molecule has 0 aliphatic carbocycles. The summed E-state index contributed by atoms with van der Waals surface area (Å²) in [4.78, 5) is 10.3. The van der Waals surface area contributed by atoms with E-state index in [-0.39, 0.29) is 6.42 Å². The van der Waals surface area contributed by atoms with Gasteiger partial charge in [-0.15, -0.1) is 0 Å². The topological polar surface area (TPSA) is 37.3 Å². The van der Waals surface area contributed by atoms with Crippen molar-refractivity contribution in [3.8, 4) is 0 Å². The Hall–Kier alpha value is -1.31. The highest BCUT2D eigenvalue weighted by atomic mass is 16.4. The molecule has 0 aromatic heterocycles. The maximum absolute atomic E-state index is 10.3. The van der Waals surface area contributed by atoms with Gasteiger partial charge in [-0.1, -0.05) is 37.3 Å². The van der Waals surface area contributed by atoms with Crippen LogP contribution in [0.15, 0.2) is 30.3 Å². The largest absolute Gasteiger partial charge is 0.481 e. The van der Waals surface area contributed by atoms with Crippen molar-refractivity contribution in [2.75, 3.05) is 0 Å². The van der Waals surface area contributed by atoms with Crippen LogP contribution < -0.4 is 0 Å². The van der Waals surface area contributed by atoms with Crippen molar-refractivity contribution in [2.45, 2.75) is 25.7 Å². The van der Waals surface area contributed by atoms with Gasteiger partial charge < -0.3 is 5.11 Å². The van der Waals surface area contributed by atoms with Gasteiger partial charge in [0.25, 0.3) is 0 Å². The molecule has 0 fully saturated rings. The smallest absolute Gasteiger partial charge is 0.303 e. The second-order valence-corrected chi connectivity index (χ2v) is 3.24. The molecule has 1 atom stereocenters. The summed E-state index contributed by atoms with van der Waals surface area (Å²) in [5.74, 6) is -0.389. The van der Waals surface area contributed by atoms with E-state index < -0.39 is 5.97 Å². The van der Waals surface area contributed by atoms with Crippen LogP contribution in [0.1, 0.15) is 31.2 Å². The second-order valence-electron chi connectivity index (χ2n) is 3.24. The number of rotatable bonds is 4. The zero-order valence-electron chi connectivity index (χ0n) is 7.73. The van der Waals surface area contributed by atoms with Gasteiger partial charge in [0.2, 0.25) is 0 Å². The molecule has 13 heavy (non-hydrogen) atoms. The Balaban J connectivity index is 2.49. The predicted octanol–water partition coefficient (Wildman–Crippen LogP) is 2.65. The molecule has 0 aliphatic rings. The maximum Gasteiger partial charge on any atom is 0.303 e. The van der Waals surface area contributed by atoms with Crippen LogP contribution in [-0.4, -0.2) is 11.1 Å². The van der Waals surface area contributed by atoms with E-state index in [0.717, 1.165) is 0 Å². The molecule has 0 saturated carbocycles. The first-order valence-electron chi connectivity index (χ1n) is 4.47. The molecule has 0 bridgehead atoms. The van der Waals surface area contributed by atoms with Crippen LogP contribution in [-0.2, 0) is 4.79 Å². The third kappa shape index (κ3) is 3.28. The molecule has 1 N–H and O–H groups in total. The molecule has 1 aromatic carbocycles. The van der Waals surface area contributed by atoms with Crippen LogP contribution in [0, 0.1) is 0 Å². The van der Waals surface area contributed by atoms with Crippen molar-refractivity contribution in [3.63, 3.8) is 0 Å². The Morgan fingerprint density at radius 2 is 2.00 bits per heavy atom. The van der Waals surface area contributed by atoms with Gasteiger partial charge in [0.1, 0.15) is 0 Å². The first-order valence-corrected chi connectivity index (χ1v) is 4.47. The third-order valence-corrected chi connectivity index (χ3v) is 2.16. The van der Waals surface area contributed by atoms with Crippen molar-refractivity contribution >= 4 is 5.97 Å². The van der Waals surface area contributed by atoms with Crippen molar-refractivity contribution in [3.05, 3.63) is 35.9 Å². The summed E-state index contributed by atoms with van der Waals surface area (Å²) in [7, 11) is 0. The first kappa shape index (κ1) is 9.78. The average Bonchev–Trinajstić information content (AvgIpc) is 2.15. The number of carboxylic acids is 1. The minimum atomic E-state index is -0.720. The van der Waals surface area contributed by atoms with E-state index in [2.05, 4.69) is 6.92 Å². The minimum absolute atomic E-state index is 0.246. The maximum atomic E-state index is 10.3. The summed E-state index contributed by atoms with van der Waals surface area (Å²) in [6.07, 6.45) is 0.954. The molecule has 0 aliphatic heterocycles. The monoisotopic (exact) mass is 178 g/mol. The Kier molecular flexibility index (Phi) is 3.50. The fraction of sp³-hybridized carbons (Fsp3) is 0.364. The van der Waals surface area contributed by atoms with Crippen LogP contribution in [0.2, 0.25) is 0 Å². The average molecular weight is 178 g/mol. The summed E-state index contributed by atoms with van der Waals surface area (Å²) in [5, 5.41) is 8.51. The predicted molar refractivity (Wildman–Crippen MR) is 51.7 cm³/mol. The first-order chi connectivity index (χ1) is 6.20. The highest BCUT2D eigenvalue weighted by Crippen LogP contribution is 2.19.